The van der Waals surface area contributed by atoms with Crippen LogP contribution in [0.3, 0.4) is 0 Å². The zero-order valence-corrected chi connectivity index (χ0v) is 19.3. The van der Waals surface area contributed by atoms with Crippen LogP contribution in [-0.2, 0) is 9.53 Å². The van der Waals surface area contributed by atoms with Crippen molar-refractivity contribution in [1.29, 1.82) is 0 Å². The van der Waals surface area contributed by atoms with Crippen molar-refractivity contribution in [2.45, 2.75) is 6.92 Å². The quantitative estimate of drug-likeness (QED) is 0.581. The molecule has 0 spiro atoms. The number of amides is 2. The van der Waals surface area contributed by atoms with Crippen LogP contribution in [0.1, 0.15) is 16.1 Å². The van der Waals surface area contributed by atoms with Gasteiger partial charge >= 0.3 is 0 Å². The first-order valence-corrected chi connectivity index (χ1v) is 11.0. The molecule has 1 fully saturated rings. The molecule has 7 nitrogen and oxygen atoms in total. The van der Waals surface area contributed by atoms with E-state index in [9.17, 15) is 9.59 Å². The van der Waals surface area contributed by atoms with Gasteiger partial charge in [-0.05, 0) is 55.0 Å². The highest BCUT2D eigenvalue weighted by molar-refractivity contribution is 5.97. The van der Waals surface area contributed by atoms with E-state index < -0.39 is 0 Å². The second kappa shape index (κ2) is 9.92. The van der Waals surface area contributed by atoms with Gasteiger partial charge in [0.05, 0.1) is 18.4 Å². The molecule has 0 radical (unpaired) electrons. The molecule has 0 aliphatic carbocycles. The third-order valence-corrected chi connectivity index (χ3v) is 6.07. The van der Waals surface area contributed by atoms with E-state index in [-0.39, 0.29) is 18.4 Å². The van der Waals surface area contributed by atoms with Gasteiger partial charge < -0.3 is 23.8 Å². The Kier molecular flexibility index (Phi) is 6.79. The Morgan fingerprint density at radius 1 is 0.879 bits per heavy atom. The van der Waals surface area contributed by atoms with Crippen LogP contribution < -0.4 is 4.74 Å². The van der Waals surface area contributed by atoms with Gasteiger partial charge in [-0.2, -0.15) is 0 Å². The van der Waals surface area contributed by atoms with Crippen LogP contribution in [-0.4, -0.2) is 73.2 Å². The number of para-hydroxylation sites is 1. The molecule has 2 amide bonds. The van der Waals surface area contributed by atoms with E-state index in [0.29, 0.717) is 31.7 Å². The van der Waals surface area contributed by atoms with Crippen molar-refractivity contribution in [2.75, 3.05) is 47.0 Å². The third kappa shape index (κ3) is 4.64. The smallest absolute Gasteiger partial charge is 0.255 e. The molecule has 3 aromatic rings. The lowest BCUT2D eigenvalue weighted by molar-refractivity contribution is -0.136. The number of hydrogen-bond donors (Lipinski definition) is 0. The molecule has 1 aliphatic heterocycles. The maximum absolute atomic E-state index is 13.5. The lowest BCUT2D eigenvalue weighted by Crippen LogP contribution is -2.51. The first-order valence-electron chi connectivity index (χ1n) is 11.0. The number of ether oxygens (including phenoxy) is 2. The largest absolute Gasteiger partial charge is 0.497 e. The summed E-state index contributed by atoms with van der Waals surface area (Å²) < 4.78 is 12.4. The summed E-state index contributed by atoms with van der Waals surface area (Å²) in [7, 11) is 3.16. The summed E-state index contributed by atoms with van der Waals surface area (Å²) in [5.41, 5.74) is 4.49. The number of benzene rings is 2. The molecule has 1 aliphatic rings. The molecule has 0 N–H and O–H groups in total. The van der Waals surface area contributed by atoms with Gasteiger partial charge in [0.1, 0.15) is 12.4 Å². The predicted molar refractivity (Wildman–Crippen MR) is 127 cm³/mol. The first kappa shape index (κ1) is 22.6. The second-order valence-corrected chi connectivity index (χ2v) is 8.03. The monoisotopic (exact) mass is 447 g/mol. The van der Waals surface area contributed by atoms with Gasteiger partial charge in [0.25, 0.3) is 5.91 Å². The summed E-state index contributed by atoms with van der Waals surface area (Å²) in [5.74, 6) is 0.721. The predicted octanol–water partition coefficient (Wildman–Crippen LogP) is 3.39. The van der Waals surface area contributed by atoms with Gasteiger partial charge in [-0.3, -0.25) is 9.59 Å². The first-order chi connectivity index (χ1) is 16.0. The summed E-state index contributed by atoms with van der Waals surface area (Å²) >= 11 is 0. The Morgan fingerprint density at radius 3 is 2.12 bits per heavy atom. The number of carbonyl (C=O) groups excluding carboxylic acids is 2. The number of hydrogen-bond acceptors (Lipinski definition) is 4. The molecule has 1 aromatic heterocycles. The molecule has 33 heavy (non-hydrogen) atoms. The molecule has 2 aromatic carbocycles. The molecule has 0 bridgehead atoms. The summed E-state index contributed by atoms with van der Waals surface area (Å²) in [4.78, 5) is 29.2. The number of nitrogens with zero attached hydrogens (tertiary/aromatic N) is 3. The van der Waals surface area contributed by atoms with Gasteiger partial charge in [-0.25, -0.2) is 0 Å². The summed E-state index contributed by atoms with van der Waals surface area (Å²) in [5, 5.41) is 0. The fourth-order valence-corrected chi connectivity index (χ4v) is 4.25. The zero-order valence-electron chi connectivity index (χ0n) is 19.3. The van der Waals surface area contributed by atoms with Crippen LogP contribution in [0.25, 0.3) is 16.9 Å². The summed E-state index contributed by atoms with van der Waals surface area (Å²) in [6.07, 6.45) is 0. The minimum atomic E-state index is -0.0437. The zero-order chi connectivity index (χ0) is 23.4. The van der Waals surface area contributed by atoms with Crippen molar-refractivity contribution in [3.8, 4) is 22.7 Å². The molecular weight excluding hydrogens is 418 g/mol. The minimum Gasteiger partial charge on any atom is -0.497 e. The van der Waals surface area contributed by atoms with E-state index >= 15 is 0 Å². The topological polar surface area (TPSA) is 64.0 Å². The van der Waals surface area contributed by atoms with Crippen LogP contribution in [0.2, 0.25) is 0 Å². The van der Waals surface area contributed by atoms with E-state index in [0.717, 1.165) is 28.4 Å². The number of aromatic nitrogens is 1. The fourth-order valence-electron chi connectivity index (χ4n) is 4.25. The average molecular weight is 448 g/mol. The summed E-state index contributed by atoms with van der Waals surface area (Å²) in [6, 6.07) is 19.8. The van der Waals surface area contributed by atoms with E-state index in [1.165, 1.54) is 7.11 Å². The highest BCUT2D eigenvalue weighted by Crippen LogP contribution is 2.31. The van der Waals surface area contributed by atoms with E-state index in [2.05, 4.69) is 4.57 Å². The van der Waals surface area contributed by atoms with Crippen LogP contribution in [0.4, 0.5) is 0 Å². The van der Waals surface area contributed by atoms with Crippen molar-refractivity contribution in [3.05, 3.63) is 71.9 Å². The second-order valence-electron chi connectivity index (χ2n) is 8.03. The number of piperazine rings is 1. The Balaban J connectivity index is 1.66. The van der Waals surface area contributed by atoms with Gasteiger partial charge in [0.2, 0.25) is 5.91 Å². The van der Waals surface area contributed by atoms with Crippen LogP contribution in [0, 0.1) is 6.92 Å². The minimum absolute atomic E-state index is 0.0178. The Labute approximate surface area is 194 Å². The van der Waals surface area contributed by atoms with Crippen molar-refractivity contribution in [3.63, 3.8) is 0 Å². The molecule has 172 valence electrons. The van der Waals surface area contributed by atoms with Gasteiger partial charge in [0.15, 0.2) is 0 Å². The molecule has 2 heterocycles. The maximum atomic E-state index is 13.5. The van der Waals surface area contributed by atoms with E-state index in [1.54, 1.807) is 12.0 Å². The maximum Gasteiger partial charge on any atom is 0.255 e. The summed E-state index contributed by atoms with van der Waals surface area (Å²) in [6.45, 7) is 4.07. The highest BCUT2D eigenvalue weighted by atomic mass is 16.5. The lowest BCUT2D eigenvalue weighted by Gasteiger charge is -2.34. The van der Waals surface area contributed by atoms with Crippen LogP contribution >= 0.6 is 0 Å². The fraction of sp³-hybridized carbons (Fsp3) is 0.308. The van der Waals surface area contributed by atoms with E-state index in [1.807, 2.05) is 72.5 Å². The molecule has 0 saturated carbocycles. The van der Waals surface area contributed by atoms with Crippen molar-refractivity contribution in [2.24, 2.45) is 0 Å². The highest BCUT2D eigenvalue weighted by Gasteiger charge is 2.28. The third-order valence-electron chi connectivity index (χ3n) is 6.07. The normalized spacial score (nSPS) is 13.8. The Hall–Kier alpha value is -3.58. The van der Waals surface area contributed by atoms with E-state index in [4.69, 9.17) is 9.47 Å². The van der Waals surface area contributed by atoms with Crippen molar-refractivity contribution >= 4 is 11.8 Å². The molecule has 0 unspecified atom stereocenters. The lowest BCUT2D eigenvalue weighted by atomic mass is 10.1. The SMILES string of the molecule is COCC(=O)N1CCN(C(=O)c2cc(-c3ccc(OC)cc3)n(-c3ccccc3)c2C)CC1. The van der Waals surface area contributed by atoms with Gasteiger partial charge in [-0.15, -0.1) is 0 Å². The molecule has 4 rings (SSSR count). The average Bonchev–Trinajstić information content (AvgIpc) is 3.21. The molecule has 0 atom stereocenters. The molecule has 1 saturated heterocycles. The van der Waals surface area contributed by atoms with Gasteiger partial charge in [-0.1, -0.05) is 18.2 Å². The Morgan fingerprint density at radius 2 is 1.52 bits per heavy atom. The number of rotatable bonds is 6. The Bertz CT molecular complexity index is 1110. The standard InChI is InChI=1S/C26H29N3O4/c1-19-23(26(31)28-15-13-27(14-16-28)25(30)18-32-2)17-24(20-9-11-22(33-3)12-10-20)29(19)21-7-5-4-6-8-21/h4-12,17H,13-16,18H2,1-3H3. The van der Waals surface area contributed by atoms with Crippen molar-refractivity contribution < 1.29 is 19.1 Å². The van der Waals surface area contributed by atoms with Gasteiger partial charge in [0, 0.05) is 44.7 Å². The van der Waals surface area contributed by atoms with Crippen LogP contribution in [0.15, 0.2) is 60.7 Å². The molecule has 7 heteroatoms. The number of carbonyl (C=O) groups is 2. The molecular formula is C26H29N3O4. The number of methoxy groups -OCH3 is 2. The van der Waals surface area contributed by atoms with Crippen LogP contribution in [0.5, 0.6) is 5.75 Å². The van der Waals surface area contributed by atoms with Crippen molar-refractivity contribution in [1.82, 2.24) is 14.4 Å².